The first kappa shape index (κ1) is 18.2. The summed E-state index contributed by atoms with van der Waals surface area (Å²) in [5.41, 5.74) is 1.39. The molecule has 0 aliphatic carbocycles. The lowest BCUT2D eigenvalue weighted by Gasteiger charge is -2.38. The Morgan fingerprint density at radius 1 is 0.926 bits per heavy atom. The first-order chi connectivity index (χ1) is 13.3. The van der Waals surface area contributed by atoms with Crippen molar-refractivity contribution in [2.45, 2.75) is 57.2 Å². The molecule has 2 aliphatic rings. The van der Waals surface area contributed by atoms with Crippen LogP contribution in [-0.4, -0.2) is 29.4 Å². The highest BCUT2D eigenvalue weighted by Gasteiger charge is 2.42. The number of hydrogen-bond acceptors (Lipinski definition) is 3. The van der Waals surface area contributed by atoms with Gasteiger partial charge in [0.05, 0.1) is 6.61 Å². The van der Waals surface area contributed by atoms with Crippen LogP contribution in [0.5, 0.6) is 5.75 Å². The maximum absolute atomic E-state index is 12.7. The van der Waals surface area contributed by atoms with Gasteiger partial charge in [-0.2, -0.15) is 0 Å². The number of rotatable bonds is 8. The molecule has 0 spiro atoms. The monoisotopic (exact) mass is 363 g/mol. The molecule has 2 saturated heterocycles. The minimum atomic E-state index is 0.256. The summed E-state index contributed by atoms with van der Waals surface area (Å²) in [6, 6.07) is 21.7. The molecule has 3 nitrogen and oxygen atoms in total. The van der Waals surface area contributed by atoms with Gasteiger partial charge in [0.25, 0.3) is 0 Å². The Kier molecular flexibility index (Phi) is 5.88. The third-order valence-corrected chi connectivity index (χ3v) is 6.13. The summed E-state index contributed by atoms with van der Waals surface area (Å²) in [5, 5.41) is 0. The van der Waals surface area contributed by atoms with E-state index in [-0.39, 0.29) is 5.92 Å². The molecule has 2 aromatic rings. The number of Topliss-reactive ketones (excluding diaryl/α,β-unsaturated/α-hetero) is 1. The SMILES string of the molecule is O=C(CCCOc1ccccc1)C1CC2CCC(C1)N2Cc1ccccc1. The summed E-state index contributed by atoms with van der Waals surface area (Å²) in [4.78, 5) is 15.4. The second-order valence-electron chi connectivity index (χ2n) is 7.94. The largest absolute Gasteiger partial charge is 0.494 e. The van der Waals surface area contributed by atoms with Crippen LogP contribution in [0.3, 0.4) is 0 Å². The van der Waals surface area contributed by atoms with Gasteiger partial charge in [0.1, 0.15) is 11.5 Å². The molecule has 2 atom stereocenters. The van der Waals surface area contributed by atoms with Crippen molar-refractivity contribution < 1.29 is 9.53 Å². The van der Waals surface area contributed by atoms with Crippen molar-refractivity contribution >= 4 is 5.78 Å². The number of carbonyl (C=O) groups is 1. The molecule has 0 amide bonds. The molecule has 0 radical (unpaired) electrons. The number of nitrogens with zero attached hydrogens (tertiary/aromatic N) is 1. The maximum Gasteiger partial charge on any atom is 0.136 e. The fourth-order valence-corrected chi connectivity index (χ4v) is 4.75. The fraction of sp³-hybridized carbons (Fsp3) is 0.458. The molecule has 4 rings (SSSR count). The minimum absolute atomic E-state index is 0.256. The van der Waals surface area contributed by atoms with Gasteiger partial charge in [-0.1, -0.05) is 48.5 Å². The lowest BCUT2D eigenvalue weighted by Crippen LogP contribution is -2.44. The highest BCUT2D eigenvalue weighted by Crippen LogP contribution is 2.40. The van der Waals surface area contributed by atoms with E-state index in [1.807, 2.05) is 30.3 Å². The van der Waals surface area contributed by atoms with Gasteiger partial charge in [-0.15, -0.1) is 0 Å². The Balaban J connectivity index is 1.23. The Bertz CT molecular complexity index is 717. The number of ether oxygens (including phenoxy) is 1. The number of fused-ring (bicyclic) bond motifs is 2. The molecule has 0 aromatic heterocycles. The minimum Gasteiger partial charge on any atom is -0.494 e. The van der Waals surface area contributed by atoms with E-state index in [9.17, 15) is 4.79 Å². The third kappa shape index (κ3) is 4.59. The van der Waals surface area contributed by atoms with Crippen molar-refractivity contribution in [1.82, 2.24) is 4.90 Å². The van der Waals surface area contributed by atoms with Gasteiger partial charge < -0.3 is 4.74 Å². The van der Waals surface area contributed by atoms with Crippen LogP contribution in [0.25, 0.3) is 0 Å². The van der Waals surface area contributed by atoms with Gasteiger partial charge in [-0.25, -0.2) is 0 Å². The normalized spacial score (nSPS) is 24.7. The Hall–Kier alpha value is -2.13. The Morgan fingerprint density at radius 3 is 2.22 bits per heavy atom. The van der Waals surface area contributed by atoms with Crippen molar-refractivity contribution in [2.75, 3.05) is 6.61 Å². The number of carbonyl (C=O) groups excluding carboxylic acids is 1. The summed E-state index contributed by atoms with van der Waals surface area (Å²) in [7, 11) is 0. The predicted octanol–water partition coefficient (Wildman–Crippen LogP) is 4.86. The number of para-hydroxylation sites is 1. The van der Waals surface area contributed by atoms with E-state index in [1.165, 1.54) is 18.4 Å². The lowest BCUT2D eigenvalue weighted by atomic mass is 9.85. The van der Waals surface area contributed by atoms with E-state index in [4.69, 9.17) is 4.74 Å². The standard InChI is InChI=1S/C24H29NO2/c26-24(12-7-15-27-23-10-5-2-6-11-23)20-16-21-13-14-22(17-20)25(21)18-19-8-3-1-4-9-19/h1-6,8-11,20-22H,7,12-18H2. The predicted molar refractivity (Wildman–Crippen MR) is 108 cm³/mol. The smallest absolute Gasteiger partial charge is 0.136 e. The van der Waals surface area contributed by atoms with Crippen molar-refractivity contribution in [1.29, 1.82) is 0 Å². The first-order valence-corrected chi connectivity index (χ1v) is 10.3. The molecule has 2 fully saturated rings. The summed E-state index contributed by atoms with van der Waals surface area (Å²) in [6.07, 6.45) is 6.04. The van der Waals surface area contributed by atoms with Crippen LogP contribution in [0.1, 0.15) is 44.1 Å². The van der Waals surface area contributed by atoms with Gasteiger partial charge in [0.15, 0.2) is 0 Å². The zero-order chi connectivity index (χ0) is 18.5. The van der Waals surface area contributed by atoms with Gasteiger partial charge in [-0.05, 0) is 49.8 Å². The molecular weight excluding hydrogens is 334 g/mol. The summed E-state index contributed by atoms with van der Waals surface area (Å²) in [5.74, 6) is 1.59. The van der Waals surface area contributed by atoms with Gasteiger partial charge in [-0.3, -0.25) is 9.69 Å². The molecule has 142 valence electrons. The van der Waals surface area contributed by atoms with Gasteiger partial charge in [0, 0.05) is 31.0 Å². The van der Waals surface area contributed by atoms with Crippen LogP contribution in [0.2, 0.25) is 0 Å². The van der Waals surface area contributed by atoms with Crippen LogP contribution >= 0.6 is 0 Å². The number of piperidine rings is 1. The Labute approximate surface area is 162 Å². The number of benzene rings is 2. The van der Waals surface area contributed by atoms with Crippen LogP contribution in [-0.2, 0) is 11.3 Å². The molecule has 2 aliphatic heterocycles. The summed E-state index contributed by atoms with van der Waals surface area (Å²) in [6.45, 7) is 1.65. The lowest BCUT2D eigenvalue weighted by molar-refractivity contribution is -0.125. The molecule has 2 unspecified atom stereocenters. The summed E-state index contributed by atoms with van der Waals surface area (Å²) >= 11 is 0. The highest BCUT2D eigenvalue weighted by molar-refractivity contribution is 5.81. The van der Waals surface area contributed by atoms with E-state index in [2.05, 4.69) is 35.2 Å². The number of hydrogen-bond donors (Lipinski definition) is 0. The van der Waals surface area contributed by atoms with E-state index in [0.717, 1.165) is 31.6 Å². The average molecular weight is 364 g/mol. The second kappa shape index (κ2) is 8.71. The van der Waals surface area contributed by atoms with Crippen molar-refractivity contribution in [3.8, 4) is 5.75 Å². The molecule has 2 aromatic carbocycles. The van der Waals surface area contributed by atoms with Gasteiger partial charge >= 0.3 is 0 Å². The molecule has 0 N–H and O–H groups in total. The van der Waals surface area contributed by atoms with Crippen molar-refractivity contribution in [3.05, 3.63) is 66.2 Å². The fourth-order valence-electron chi connectivity index (χ4n) is 4.75. The van der Waals surface area contributed by atoms with Crippen LogP contribution in [0.15, 0.2) is 60.7 Å². The maximum atomic E-state index is 12.7. The van der Waals surface area contributed by atoms with Crippen molar-refractivity contribution in [3.63, 3.8) is 0 Å². The topological polar surface area (TPSA) is 29.5 Å². The van der Waals surface area contributed by atoms with E-state index < -0.39 is 0 Å². The van der Waals surface area contributed by atoms with Gasteiger partial charge in [0.2, 0.25) is 0 Å². The van der Waals surface area contributed by atoms with E-state index in [0.29, 0.717) is 30.9 Å². The molecule has 27 heavy (non-hydrogen) atoms. The summed E-state index contributed by atoms with van der Waals surface area (Å²) < 4.78 is 5.72. The molecular formula is C24H29NO2. The number of ketones is 1. The zero-order valence-corrected chi connectivity index (χ0v) is 15.9. The van der Waals surface area contributed by atoms with Crippen LogP contribution in [0.4, 0.5) is 0 Å². The Morgan fingerprint density at radius 2 is 1.56 bits per heavy atom. The van der Waals surface area contributed by atoms with E-state index >= 15 is 0 Å². The third-order valence-electron chi connectivity index (χ3n) is 6.13. The zero-order valence-electron chi connectivity index (χ0n) is 15.9. The molecule has 2 bridgehead atoms. The van der Waals surface area contributed by atoms with Crippen LogP contribution in [0, 0.1) is 5.92 Å². The molecule has 0 saturated carbocycles. The molecule has 2 heterocycles. The molecule has 3 heteroatoms. The van der Waals surface area contributed by atoms with Crippen LogP contribution < -0.4 is 4.74 Å². The first-order valence-electron chi connectivity index (χ1n) is 10.3. The quantitative estimate of drug-likeness (QED) is 0.628. The van der Waals surface area contributed by atoms with E-state index in [1.54, 1.807) is 0 Å². The second-order valence-corrected chi connectivity index (χ2v) is 7.94. The van der Waals surface area contributed by atoms with Crippen molar-refractivity contribution in [2.24, 2.45) is 5.92 Å². The highest BCUT2D eigenvalue weighted by atomic mass is 16.5. The average Bonchev–Trinajstić information content (AvgIpc) is 2.94.